The summed E-state index contributed by atoms with van der Waals surface area (Å²) in [5.41, 5.74) is 1.53. The van der Waals surface area contributed by atoms with Gasteiger partial charge in [-0.25, -0.2) is 0 Å². The minimum atomic E-state index is -0.446. The molecule has 0 aliphatic carbocycles. The smallest absolute Gasteiger partial charge is 0.269 e. The summed E-state index contributed by atoms with van der Waals surface area (Å²) in [6, 6.07) is 15.4. The Morgan fingerprint density at radius 1 is 1.18 bits per heavy atom. The van der Waals surface area contributed by atoms with Gasteiger partial charge in [-0.05, 0) is 24.6 Å². The van der Waals surface area contributed by atoms with Crippen LogP contribution in [0.2, 0.25) is 0 Å². The average molecular weight is 380 g/mol. The lowest BCUT2D eigenvalue weighted by molar-refractivity contribution is -0.384. The van der Waals surface area contributed by atoms with Gasteiger partial charge in [-0.3, -0.25) is 14.9 Å². The van der Waals surface area contributed by atoms with Crippen molar-refractivity contribution in [3.63, 3.8) is 0 Å². The summed E-state index contributed by atoms with van der Waals surface area (Å²) in [5, 5.41) is 19.0. The zero-order valence-corrected chi connectivity index (χ0v) is 15.6. The number of aromatic nitrogens is 2. The molecule has 0 saturated carbocycles. The average Bonchev–Trinajstić information content (AvgIpc) is 3.20. The molecule has 0 fully saturated rings. The number of aryl methyl sites for hydroxylation is 1. The molecule has 0 N–H and O–H groups in total. The first-order valence-electron chi connectivity index (χ1n) is 8.83. The zero-order chi connectivity index (χ0) is 20.1. The fraction of sp³-hybridized carbons (Fsp3) is 0.250. The summed E-state index contributed by atoms with van der Waals surface area (Å²) in [6.45, 7) is 1.83. The van der Waals surface area contributed by atoms with Gasteiger partial charge in [0.05, 0.1) is 11.0 Å². The third-order valence-corrected chi connectivity index (χ3v) is 4.58. The summed E-state index contributed by atoms with van der Waals surface area (Å²) < 4.78 is 5.62. The van der Waals surface area contributed by atoms with Crippen LogP contribution in [0.3, 0.4) is 0 Å². The van der Waals surface area contributed by atoms with Crippen LogP contribution in [-0.2, 0) is 11.2 Å². The number of amides is 1. The van der Waals surface area contributed by atoms with E-state index >= 15 is 0 Å². The predicted octanol–water partition coefficient (Wildman–Crippen LogP) is 3.80. The molecule has 0 radical (unpaired) electrons. The topological polar surface area (TPSA) is 102 Å². The number of rotatable bonds is 7. The van der Waals surface area contributed by atoms with Gasteiger partial charge in [0.15, 0.2) is 0 Å². The molecule has 2 aromatic carbocycles. The number of carbonyl (C=O) groups excluding carboxylic acids is 1. The molecule has 0 aliphatic rings. The van der Waals surface area contributed by atoms with Gasteiger partial charge in [-0.1, -0.05) is 30.3 Å². The Bertz CT molecular complexity index is 971. The van der Waals surface area contributed by atoms with Crippen molar-refractivity contribution in [3.8, 4) is 11.5 Å². The molecule has 28 heavy (non-hydrogen) atoms. The van der Waals surface area contributed by atoms with E-state index in [0.717, 1.165) is 5.56 Å². The first-order chi connectivity index (χ1) is 13.5. The van der Waals surface area contributed by atoms with E-state index in [1.807, 2.05) is 37.3 Å². The number of nitrogens with zero attached hydrogens (tertiary/aromatic N) is 4. The summed E-state index contributed by atoms with van der Waals surface area (Å²) >= 11 is 0. The SMILES string of the molecule is CC(c1cccc([N+](=O)[O-])c1)N(C)C(=O)CCc1nnc(-c2ccccc2)o1. The minimum absolute atomic E-state index is 0.00417. The molecular weight excluding hydrogens is 360 g/mol. The second-order valence-electron chi connectivity index (χ2n) is 6.40. The van der Waals surface area contributed by atoms with E-state index in [9.17, 15) is 14.9 Å². The minimum Gasteiger partial charge on any atom is -0.421 e. The summed E-state index contributed by atoms with van der Waals surface area (Å²) in [6.07, 6.45) is 0.525. The number of nitro groups is 1. The predicted molar refractivity (Wildman–Crippen MR) is 102 cm³/mol. The number of benzene rings is 2. The normalized spacial score (nSPS) is 11.8. The van der Waals surface area contributed by atoms with E-state index in [0.29, 0.717) is 23.8 Å². The fourth-order valence-corrected chi connectivity index (χ4v) is 2.78. The van der Waals surface area contributed by atoms with Crippen molar-refractivity contribution < 1.29 is 14.1 Å². The second kappa shape index (κ2) is 8.43. The van der Waals surface area contributed by atoms with Crippen molar-refractivity contribution in [1.29, 1.82) is 0 Å². The Balaban J connectivity index is 1.61. The van der Waals surface area contributed by atoms with Gasteiger partial charge in [0.1, 0.15) is 0 Å². The van der Waals surface area contributed by atoms with Crippen LogP contribution in [-0.4, -0.2) is 33.0 Å². The molecule has 1 heterocycles. The zero-order valence-electron chi connectivity index (χ0n) is 15.6. The highest BCUT2D eigenvalue weighted by Crippen LogP contribution is 2.24. The molecule has 0 saturated heterocycles. The molecule has 0 spiro atoms. The van der Waals surface area contributed by atoms with Crippen LogP contribution in [0.25, 0.3) is 11.5 Å². The molecule has 3 rings (SSSR count). The van der Waals surface area contributed by atoms with Gasteiger partial charge >= 0.3 is 0 Å². The van der Waals surface area contributed by atoms with Crippen molar-refractivity contribution >= 4 is 11.6 Å². The number of non-ortho nitro benzene ring substituents is 1. The lowest BCUT2D eigenvalue weighted by atomic mass is 10.1. The molecule has 0 bridgehead atoms. The largest absolute Gasteiger partial charge is 0.421 e. The molecular formula is C20H20N4O4. The molecule has 1 unspecified atom stereocenters. The molecule has 144 valence electrons. The van der Waals surface area contributed by atoms with Crippen molar-refractivity contribution in [1.82, 2.24) is 15.1 Å². The van der Waals surface area contributed by atoms with Crippen molar-refractivity contribution in [2.24, 2.45) is 0 Å². The first-order valence-corrected chi connectivity index (χ1v) is 8.83. The molecule has 1 aromatic heterocycles. The van der Waals surface area contributed by atoms with Gasteiger partial charge in [-0.15, -0.1) is 10.2 Å². The van der Waals surface area contributed by atoms with Crippen LogP contribution in [0.4, 0.5) is 5.69 Å². The maximum Gasteiger partial charge on any atom is 0.269 e. The number of hydrogen-bond acceptors (Lipinski definition) is 6. The van der Waals surface area contributed by atoms with E-state index < -0.39 is 4.92 Å². The molecule has 8 heteroatoms. The Hall–Kier alpha value is -3.55. The summed E-state index contributed by atoms with van der Waals surface area (Å²) in [5.74, 6) is 0.698. The Morgan fingerprint density at radius 2 is 1.93 bits per heavy atom. The highest BCUT2D eigenvalue weighted by molar-refractivity contribution is 5.76. The first kappa shape index (κ1) is 19.2. The summed E-state index contributed by atoms with van der Waals surface area (Å²) in [7, 11) is 1.68. The van der Waals surface area contributed by atoms with Gasteiger partial charge in [0, 0.05) is 37.6 Å². The number of nitro benzene ring substituents is 1. The Morgan fingerprint density at radius 3 is 2.64 bits per heavy atom. The monoisotopic (exact) mass is 380 g/mol. The van der Waals surface area contributed by atoms with E-state index in [-0.39, 0.29) is 24.1 Å². The lowest BCUT2D eigenvalue weighted by Gasteiger charge is -2.25. The Labute approximate surface area is 162 Å². The van der Waals surface area contributed by atoms with Crippen LogP contribution >= 0.6 is 0 Å². The fourth-order valence-electron chi connectivity index (χ4n) is 2.78. The standard InChI is InChI=1S/C20H20N4O4/c1-14(16-9-6-10-17(13-16)24(26)27)23(2)19(25)12-11-18-21-22-20(28-18)15-7-4-3-5-8-15/h3-10,13-14H,11-12H2,1-2H3. The highest BCUT2D eigenvalue weighted by atomic mass is 16.6. The molecule has 0 aliphatic heterocycles. The van der Waals surface area contributed by atoms with Gasteiger partial charge in [0.25, 0.3) is 5.69 Å². The van der Waals surface area contributed by atoms with Crippen molar-refractivity contribution in [2.75, 3.05) is 7.05 Å². The van der Waals surface area contributed by atoms with Gasteiger partial charge in [-0.2, -0.15) is 0 Å². The number of carbonyl (C=O) groups is 1. The molecule has 3 aromatic rings. The van der Waals surface area contributed by atoms with E-state index in [1.165, 1.54) is 12.1 Å². The lowest BCUT2D eigenvalue weighted by Crippen LogP contribution is -2.29. The molecule has 1 atom stereocenters. The second-order valence-corrected chi connectivity index (χ2v) is 6.40. The van der Waals surface area contributed by atoms with E-state index in [1.54, 1.807) is 24.1 Å². The van der Waals surface area contributed by atoms with Crippen LogP contribution < -0.4 is 0 Å². The summed E-state index contributed by atoms with van der Waals surface area (Å²) in [4.78, 5) is 24.6. The van der Waals surface area contributed by atoms with E-state index in [4.69, 9.17) is 4.42 Å². The molecule has 1 amide bonds. The molecule has 8 nitrogen and oxygen atoms in total. The third-order valence-electron chi connectivity index (χ3n) is 4.58. The van der Waals surface area contributed by atoms with Gasteiger partial charge < -0.3 is 9.32 Å². The Kier molecular flexibility index (Phi) is 5.78. The number of hydrogen-bond donors (Lipinski definition) is 0. The van der Waals surface area contributed by atoms with Crippen LogP contribution in [0, 0.1) is 10.1 Å². The van der Waals surface area contributed by atoms with Crippen LogP contribution in [0.15, 0.2) is 59.0 Å². The van der Waals surface area contributed by atoms with Crippen LogP contribution in [0.1, 0.15) is 30.8 Å². The van der Waals surface area contributed by atoms with Gasteiger partial charge in [0.2, 0.25) is 17.7 Å². The van der Waals surface area contributed by atoms with E-state index in [2.05, 4.69) is 10.2 Å². The maximum absolute atomic E-state index is 12.5. The van der Waals surface area contributed by atoms with Crippen LogP contribution in [0.5, 0.6) is 0 Å². The van der Waals surface area contributed by atoms with Crippen molar-refractivity contribution in [2.45, 2.75) is 25.8 Å². The quantitative estimate of drug-likeness (QED) is 0.456. The highest BCUT2D eigenvalue weighted by Gasteiger charge is 2.20. The third kappa shape index (κ3) is 4.40. The van der Waals surface area contributed by atoms with Crippen molar-refractivity contribution in [3.05, 3.63) is 76.2 Å². The maximum atomic E-state index is 12.5.